The fourth-order valence-electron chi connectivity index (χ4n) is 4.00. The fourth-order valence-corrected chi connectivity index (χ4v) is 4.00. The van der Waals surface area contributed by atoms with Crippen molar-refractivity contribution in [2.75, 3.05) is 6.54 Å². The molecule has 0 aromatic carbocycles. The Labute approximate surface area is 141 Å². The third kappa shape index (κ3) is 2.55. The average Bonchev–Trinajstić information content (AvgIpc) is 3.15. The van der Waals surface area contributed by atoms with Gasteiger partial charge in [-0.25, -0.2) is 4.98 Å². The molecule has 1 fully saturated rings. The zero-order chi connectivity index (χ0) is 16.7. The van der Waals surface area contributed by atoms with Gasteiger partial charge in [-0.1, -0.05) is 6.07 Å². The van der Waals surface area contributed by atoms with Crippen molar-refractivity contribution >= 4 is 5.65 Å². The van der Waals surface area contributed by atoms with Gasteiger partial charge in [-0.3, -0.25) is 9.20 Å². The van der Waals surface area contributed by atoms with Gasteiger partial charge in [0.1, 0.15) is 23.9 Å². The Hall–Kier alpha value is -2.40. The molecule has 0 bridgehead atoms. The molecular formula is C19H23N4O+. The predicted octanol–water partition coefficient (Wildman–Crippen LogP) is 1.26. The summed E-state index contributed by atoms with van der Waals surface area (Å²) in [5, 5.41) is 0. The van der Waals surface area contributed by atoms with Gasteiger partial charge in [0.2, 0.25) is 0 Å². The van der Waals surface area contributed by atoms with E-state index in [9.17, 15) is 4.79 Å². The van der Waals surface area contributed by atoms with Gasteiger partial charge in [0, 0.05) is 37.8 Å². The smallest absolute Gasteiger partial charge is 0.258 e. The van der Waals surface area contributed by atoms with Crippen molar-refractivity contribution in [3.05, 3.63) is 70.0 Å². The number of hydrogen-bond donors (Lipinski definition) is 1. The van der Waals surface area contributed by atoms with Crippen LogP contribution in [0.5, 0.6) is 0 Å². The molecule has 2 atom stereocenters. The number of nitrogens with zero attached hydrogens (tertiary/aromatic N) is 3. The minimum Gasteiger partial charge on any atom is -0.350 e. The molecule has 4 rings (SSSR count). The molecule has 124 valence electrons. The molecular weight excluding hydrogens is 300 g/mol. The van der Waals surface area contributed by atoms with Gasteiger partial charge in [0.25, 0.3) is 5.56 Å². The normalized spacial score (nSPS) is 20.8. The molecule has 0 saturated carbocycles. The summed E-state index contributed by atoms with van der Waals surface area (Å²) in [5.41, 5.74) is 3.94. The molecule has 0 spiro atoms. The first kappa shape index (κ1) is 15.1. The molecule has 1 unspecified atom stereocenters. The van der Waals surface area contributed by atoms with Crippen LogP contribution in [-0.4, -0.2) is 20.5 Å². The highest BCUT2D eigenvalue weighted by Gasteiger charge is 2.32. The van der Waals surface area contributed by atoms with Crippen LogP contribution in [0.15, 0.2) is 47.4 Å². The number of nitrogens with one attached hydrogen (secondary N) is 1. The van der Waals surface area contributed by atoms with E-state index in [4.69, 9.17) is 4.98 Å². The summed E-state index contributed by atoms with van der Waals surface area (Å²) in [6.07, 6.45) is 4.52. The van der Waals surface area contributed by atoms with E-state index < -0.39 is 0 Å². The number of rotatable bonds is 3. The lowest BCUT2D eigenvalue weighted by molar-refractivity contribution is -0.932. The molecule has 3 aromatic heterocycles. The van der Waals surface area contributed by atoms with Crippen LogP contribution in [0.25, 0.3) is 5.65 Å². The van der Waals surface area contributed by atoms with Crippen LogP contribution in [0.4, 0.5) is 0 Å². The molecule has 0 aliphatic carbocycles. The molecule has 0 amide bonds. The predicted molar refractivity (Wildman–Crippen MR) is 93.1 cm³/mol. The van der Waals surface area contributed by atoms with Crippen LogP contribution in [0.1, 0.15) is 36.0 Å². The van der Waals surface area contributed by atoms with E-state index in [-0.39, 0.29) is 5.56 Å². The standard InChI is InChI=1S/C19H22N4O/c1-14-6-3-9-18-20-15(12-19(24)23(14)18)13-22-11-5-8-17(22)16-7-4-10-21(16)2/h3-4,6-7,9-10,12,17H,5,8,11,13H2,1-2H3/p+1/t17-/m1/s1. The third-order valence-electron chi connectivity index (χ3n) is 5.17. The maximum Gasteiger partial charge on any atom is 0.258 e. The average molecular weight is 323 g/mol. The van der Waals surface area contributed by atoms with Crippen LogP contribution in [0, 0.1) is 6.92 Å². The molecule has 4 heterocycles. The van der Waals surface area contributed by atoms with Gasteiger partial charge >= 0.3 is 0 Å². The van der Waals surface area contributed by atoms with Crippen molar-refractivity contribution in [2.24, 2.45) is 7.05 Å². The topological polar surface area (TPSA) is 43.7 Å². The molecule has 3 aromatic rings. The summed E-state index contributed by atoms with van der Waals surface area (Å²) in [4.78, 5) is 18.7. The van der Waals surface area contributed by atoms with Crippen LogP contribution in [0.3, 0.4) is 0 Å². The van der Waals surface area contributed by atoms with E-state index in [0.717, 1.165) is 30.1 Å². The molecule has 1 aliphatic heterocycles. The molecule has 1 saturated heterocycles. The Morgan fingerprint density at radius 1 is 1.29 bits per heavy atom. The van der Waals surface area contributed by atoms with Crippen LogP contribution in [-0.2, 0) is 13.6 Å². The molecule has 5 heteroatoms. The quantitative estimate of drug-likeness (QED) is 0.789. The van der Waals surface area contributed by atoms with E-state index in [0.29, 0.717) is 6.04 Å². The van der Waals surface area contributed by atoms with E-state index in [1.807, 2.05) is 25.1 Å². The number of hydrogen-bond acceptors (Lipinski definition) is 2. The number of fused-ring (bicyclic) bond motifs is 1. The summed E-state index contributed by atoms with van der Waals surface area (Å²) >= 11 is 0. The van der Waals surface area contributed by atoms with Crippen LogP contribution < -0.4 is 10.5 Å². The van der Waals surface area contributed by atoms with Gasteiger partial charge in [-0.05, 0) is 31.2 Å². The van der Waals surface area contributed by atoms with Crippen molar-refractivity contribution in [2.45, 2.75) is 32.4 Å². The monoisotopic (exact) mass is 323 g/mol. The second kappa shape index (κ2) is 5.91. The fraction of sp³-hybridized carbons (Fsp3) is 0.368. The highest BCUT2D eigenvalue weighted by Crippen LogP contribution is 2.19. The highest BCUT2D eigenvalue weighted by atomic mass is 16.1. The second-order valence-electron chi connectivity index (χ2n) is 6.77. The van der Waals surface area contributed by atoms with Crippen molar-refractivity contribution in [3.63, 3.8) is 0 Å². The Kier molecular flexibility index (Phi) is 3.73. The SMILES string of the molecule is Cc1cccc2nc(C[NH+]3CCC[C@@H]3c3cccn3C)cc(=O)n12. The lowest BCUT2D eigenvalue weighted by Gasteiger charge is -2.22. The van der Waals surface area contributed by atoms with Crippen molar-refractivity contribution in [1.82, 2.24) is 14.0 Å². The Morgan fingerprint density at radius 2 is 2.17 bits per heavy atom. The van der Waals surface area contributed by atoms with E-state index >= 15 is 0 Å². The van der Waals surface area contributed by atoms with E-state index in [1.165, 1.54) is 23.4 Å². The second-order valence-corrected chi connectivity index (χ2v) is 6.77. The minimum absolute atomic E-state index is 0.0158. The first-order valence-electron chi connectivity index (χ1n) is 8.57. The number of aromatic nitrogens is 3. The molecule has 1 aliphatic rings. The van der Waals surface area contributed by atoms with Gasteiger partial charge < -0.3 is 9.47 Å². The maximum absolute atomic E-state index is 12.5. The van der Waals surface area contributed by atoms with E-state index in [1.54, 1.807) is 10.5 Å². The summed E-state index contributed by atoms with van der Waals surface area (Å²) in [6.45, 7) is 3.87. The summed E-state index contributed by atoms with van der Waals surface area (Å²) in [7, 11) is 2.11. The first-order valence-corrected chi connectivity index (χ1v) is 8.57. The van der Waals surface area contributed by atoms with Gasteiger partial charge in [0.05, 0.1) is 12.2 Å². The highest BCUT2D eigenvalue weighted by molar-refractivity contribution is 5.40. The Balaban J connectivity index is 1.67. The summed E-state index contributed by atoms with van der Waals surface area (Å²) < 4.78 is 3.89. The molecule has 1 N–H and O–H groups in total. The zero-order valence-corrected chi connectivity index (χ0v) is 14.2. The van der Waals surface area contributed by atoms with Gasteiger partial charge in [-0.2, -0.15) is 0 Å². The zero-order valence-electron chi connectivity index (χ0n) is 14.2. The van der Waals surface area contributed by atoms with Gasteiger partial charge in [-0.15, -0.1) is 0 Å². The third-order valence-corrected chi connectivity index (χ3v) is 5.17. The number of pyridine rings is 1. The number of likely N-dealkylation sites (tertiary alicyclic amines) is 1. The largest absolute Gasteiger partial charge is 0.350 e. The molecule has 5 nitrogen and oxygen atoms in total. The van der Waals surface area contributed by atoms with Crippen molar-refractivity contribution in [3.8, 4) is 0 Å². The molecule has 0 radical (unpaired) electrons. The van der Waals surface area contributed by atoms with E-state index in [2.05, 4.69) is 29.9 Å². The van der Waals surface area contributed by atoms with Crippen LogP contribution >= 0.6 is 0 Å². The lowest BCUT2D eigenvalue weighted by atomic mass is 10.1. The van der Waals surface area contributed by atoms with Crippen molar-refractivity contribution in [1.29, 1.82) is 0 Å². The minimum atomic E-state index is 0.0158. The number of aryl methyl sites for hydroxylation is 2. The maximum atomic E-state index is 12.5. The number of quaternary nitrogens is 1. The summed E-state index contributed by atoms with van der Waals surface area (Å²) in [5.74, 6) is 0. The summed E-state index contributed by atoms with van der Waals surface area (Å²) in [6, 6.07) is 12.3. The van der Waals surface area contributed by atoms with Crippen LogP contribution in [0.2, 0.25) is 0 Å². The van der Waals surface area contributed by atoms with Gasteiger partial charge in [0.15, 0.2) is 0 Å². The van der Waals surface area contributed by atoms with Crippen molar-refractivity contribution < 1.29 is 4.90 Å². The lowest BCUT2D eigenvalue weighted by Crippen LogP contribution is -3.09. The Bertz CT molecular complexity index is 940. The first-order chi connectivity index (χ1) is 11.6. The Morgan fingerprint density at radius 3 is 2.96 bits per heavy atom. The molecule has 24 heavy (non-hydrogen) atoms.